The second-order valence-electron chi connectivity index (χ2n) is 7.43. The summed E-state index contributed by atoms with van der Waals surface area (Å²) in [5, 5.41) is 8.27. The minimum Gasteiger partial charge on any atom is -0.339 e. The van der Waals surface area contributed by atoms with Gasteiger partial charge in [-0.05, 0) is 32.3 Å². The molecule has 0 aliphatic carbocycles. The molecule has 1 amide bonds. The molecule has 8 nitrogen and oxygen atoms in total. The SMILES string of the molecule is Cc1ccn(CC(=O)N2CCCN(CC(C)C)C(c3nc(C)no3)C2)n1. The molecule has 0 bridgehead atoms. The van der Waals surface area contributed by atoms with Crippen LogP contribution in [0.2, 0.25) is 0 Å². The van der Waals surface area contributed by atoms with Crippen molar-refractivity contribution in [1.82, 2.24) is 29.7 Å². The average Bonchev–Trinajstić information content (AvgIpc) is 3.11. The highest BCUT2D eigenvalue weighted by molar-refractivity contribution is 5.76. The van der Waals surface area contributed by atoms with E-state index in [9.17, 15) is 4.79 Å². The molecule has 142 valence electrons. The molecule has 26 heavy (non-hydrogen) atoms. The Labute approximate surface area is 154 Å². The van der Waals surface area contributed by atoms with Gasteiger partial charge >= 0.3 is 0 Å². The highest BCUT2D eigenvalue weighted by atomic mass is 16.5. The summed E-state index contributed by atoms with van der Waals surface area (Å²) in [6.07, 6.45) is 2.77. The van der Waals surface area contributed by atoms with Crippen LogP contribution in [0.15, 0.2) is 16.8 Å². The first kappa shape index (κ1) is 18.6. The van der Waals surface area contributed by atoms with Gasteiger partial charge in [0.2, 0.25) is 11.8 Å². The van der Waals surface area contributed by atoms with Gasteiger partial charge in [-0.1, -0.05) is 19.0 Å². The second-order valence-corrected chi connectivity index (χ2v) is 7.43. The molecule has 1 unspecified atom stereocenters. The third-order valence-corrected chi connectivity index (χ3v) is 4.56. The van der Waals surface area contributed by atoms with Gasteiger partial charge in [0.05, 0.1) is 5.69 Å². The number of amides is 1. The van der Waals surface area contributed by atoms with Crippen LogP contribution in [0, 0.1) is 19.8 Å². The average molecular weight is 360 g/mol. The van der Waals surface area contributed by atoms with Gasteiger partial charge < -0.3 is 9.42 Å². The fraction of sp³-hybridized carbons (Fsp3) is 0.667. The van der Waals surface area contributed by atoms with E-state index < -0.39 is 0 Å². The van der Waals surface area contributed by atoms with Gasteiger partial charge in [0.15, 0.2) is 5.82 Å². The van der Waals surface area contributed by atoms with E-state index >= 15 is 0 Å². The van der Waals surface area contributed by atoms with E-state index in [1.54, 1.807) is 4.68 Å². The summed E-state index contributed by atoms with van der Waals surface area (Å²) < 4.78 is 7.16. The molecule has 0 aromatic carbocycles. The maximum Gasteiger partial charge on any atom is 0.245 e. The molecular weight excluding hydrogens is 332 g/mol. The molecular formula is C18H28N6O2. The van der Waals surface area contributed by atoms with Gasteiger partial charge in [-0.25, -0.2) is 0 Å². The summed E-state index contributed by atoms with van der Waals surface area (Å²) in [5.74, 6) is 1.81. The second kappa shape index (κ2) is 7.99. The van der Waals surface area contributed by atoms with E-state index in [1.807, 2.05) is 31.0 Å². The molecule has 0 spiro atoms. The third kappa shape index (κ3) is 4.49. The lowest BCUT2D eigenvalue weighted by molar-refractivity contribution is -0.132. The molecule has 1 aliphatic rings. The molecule has 2 aromatic rings. The van der Waals surface area contributed by atoms with Gasteiger partial charge in [-0.2, -0.15) is 10.1 Å². The van der Waals surface area contributed by atoms with Crippen molar-refractivity contribution in [1.29, 1.82) is 0 Å². The lowest BCUT2D eigenvalue weighted by Crippen LogP contribution is -2.40. The standard InChI is InChI=1S/C18H28N6O2/c1-13(2)10-22-7-5-8-23(11-16(22)18-19-15(4)21-26-18)17(25)12-24-9-6-14(3)20-24/h6,9,13,16H,5,7-8,10-12H2,1-4H3. The van der Waals surface area contributed by atoms with Crippen molar-refractivity contribution in [3.63, 3.8) is 0 Å². The molecule has 1 saturated heterocycles. The number of carbonyl (C=O) groups excluding carboxylic acids is 1. The molecule has 0 radical (unpaired) electrons. The van der Waals surface area contributed by atoms with Crippen LogP contribution in [-0.4, -0.2) is 61.8 Å². The quantitative estimate of drug-likeness (QED) is 0.809. The molecule has 8 heteroatoms. The van der Waals surface area contributed by atoms with Gasteiger partial charge in [0.25, 0.3) is 0 Å². The topological polar surface area (TPSA) is 80.3 Å². The lowest BCUT2D eigenvalue weighted by atomic mass is 10.1. The molecule has 1 aliphatic heterocycles. The van der Waals surface area contributed by atoms with E-state index in [0.717, 1.165) is 31.7 Å². The van der Waals surface area contributed by atoms with Crippen molar-refractivity contribution < 1.29 is 9.32 Å². The first-order valence-corrected chi connectivity index (χ1v) is 9.24. The lowest BCUT2D eigenvalue weighted by Gasteiger charge is -2.30. The van der Waals surface area contributed by atoms with E-state index in [2.05, 4.69) is 34.0 Å². The molecule has 1 atom stereocenters. The summed E-state index contributed by atoms with van der Waals surface area (Å²) in [6, 6.07) is 1.84. The summed E-state index contributed by atoms with van der Waals surface area (Å²) in [6.45, 7) is 11.5. The number of rotatable bonds is 5. The molecule has 1 fully saturated rings. The Hall–Kier alpha value is -2.22. The third-order valence-electron chi connectivity index (χ3n) is 4.56. The summed E-state index contributed by atoms with van der Waals surface area (Å²) >= 11 is 0. The molecule has 3 heterocycles. The Morgan fingerprint density at radius 3 is 2.77 bits per heavy atom. The number of nitrogens with zero attached hydrogens (tertiary/aromatic N) is 6. The minimum absolute atomic E-state index is 0.0654. The Morgan fingerprint density at radius 2 is 2.15 bits per heavy atom. The number of carbonyl (C=O) groups is 1. The van der Waals surface area contributed by atoms with E-state index in [4.69, 9.17) is 4.52 Å². The zero-order chi connectivity index (χ0) is 18.7. The van der Waals surface area contributed by atoms with Crippen molar-refractivity contribution >= 4 is 5.91 Å². The van der Waals surface area contributed by atoms with Crippen LogP contribution in [0.1, 0.15) is 43.7 Å². The van der Waals surface area contributed by atoms with Gasteiger partial charge in [0, 0.05) is 32.4 Å². The summed E-state index contributed by atoms with van der Waals surface area (Å²) in [7, 11) is 0. The predicted octanol–water partition coefficient (Wildman–Crippen LogP) is 1.81. The molecule has 3 rings (SSSR count). The fourth-order valence-corrected chi connectivity index (χ4v) is 3.42. The first-order chi connectivity index (χ1) is 12.4. The molecule has 0 N–H and O–H groups in total. The predicted molar refractivity (Wildman–Crippen MR) is 96.3 cm³/mol. The van der Waals surface area contributed by atoms with Crippen LogP contribution in [0.25, 0.3) is 0 Å². The van der Waals surface area contributed by atoms with Gasteiger partial charge in [-0.3, -0.25) is 14.4 Å². The monoisotopic (exact) mass is 360 g/mol. The number of hydrogen-bond acceptors (Lipinski definition) is 6. The van der Waals surface area contributed by atoms with Crippen molar-refractivity contribution in [2.24, 2.45) is 5.92 Å². The van der Waals surface area contributed by atoms with Crippen molar-refractivity contribution in [2.75, 3.05) is 26.2 Å². The first-order valence-electron chi connectivity index (χ1n) is 9.24. The molecule has 2 aromatic heterocycles. The Kier molecular flexibility index (Phi) is 5.70. The normalized spacial score (nSPS) is 19.1. The zero-order valence-corrected chi connectivity index (χ0v) is 16.1. The smallest absolute Gasteiger partial charge is 0.245 e. The Morgan fingerprint density at radius 1 is 1.35 bits per heavy atom. The van der Waals surface area contributed by atoms with E-state index in [0.29, 0.717) is 24.2 Å². The van der Waals surface area contributed by atoms with Crippen LogP contribution < -0.4 is 0 Å². The van der Waals surface area contributed by atoms with Crippen molar-refractivity contribution in [3.05, 3.63) is 29.7 Å². The summed E-state index contributed by atoms with van der Waals surface area (Å²) in [4.78, 5) is 21.5. The highest BCUT2D eigenvalue weighted by Gasteiger charge is 2.32. The van der Waals surface area contributed by atoms with E-state index in [-0.39, 0.29) is 18.5 Å². The Bertz CT molecular complexity index is 738. The van der Waals surface area contributed by atoms with Crippen LogP contribution in [0.3, 0.4) is 0 Å². The maximum absolute atomic E-state index is 12.8. The largest absolute Gasteiger partial charge is 0.339 e. The summed E-state index contributed by atoms with van der Waals surface area (Å²) in [5.41, 5.74) is 0.913. The van der Waals surface area contributed by atoms with Crippen LogP contribution >= 0.6 is 0 Å². The highest BCUT2D eigenvalue weighted by Crippen LogP contribution is 2.25. The van der Waals surface area contributed by atoms with Crippen LogP contribution in [0.5, 0.6) is 0 Å². The zero-order valence-electron chi connectivity index (χ0n) is 16.1. The fourth-order valence-electron chi connectivity index (χ4n) is 3.42. The molecule has 0 saturated carbocycles. The maximum atomic E-state index is 12.8. The Balaban J connectivity index is 1.76. The van der Waals surface area contributed by atoms with E-state index in [1.165, 1.54) is 0 Å². The number of hydrogen-bond donors (Lipinski definition) is 0. The van der Waals surface area contributed by atoms with Gasteiger partial charge in [0.1, 0.15) is 12.6 Å². The van der Waals surface area contributed by atoms with Gasteiger partial charge in [-0.15, -0.1) is 0 Å². The van der Waals surface area contributed by atoms with Crippen LogP contribution in [-0.2, 0) is 11.3 Å². The number of aryl methyl sites for hydroxylation is 2. The number of aromatic nitrogens is 4. The van der Waals surface area contributed by atoms with Crippen molar-refractivity contribution in [2.45, 2.75) is 46.7 Å². The van der Waals surface area contributed by atoms with Crippen molar-refractivity contribution in [3.8, 4) is 0 Å². The van der Waals surface area contributed by atoms with Crippen LogP contribution in [0.4, 0.5) is 0 Å². The minimum atomic E-state index is -0.0654.